The Morgan fingerprint density at radius 2 is 1.91 bits per heavy atom. The molecular weight excluding hydrogens is 457 g/mol. The van der Waals surface area contributed by atoms with Crippen LogP contribution in [0.4, 0.5) is 13.2 Å². The fraction of sp³-hybridized carbons (Fsp3) is 0.346. The van der Waals surface area contributed by atoms with Gasteiger partial charge in [0.2, 0.25) is 0 Å². The van der Waals surface area contributed by atoms with Gasteiger partial charge in [-0.2, -0.15) is 18.3 Å². The standard InChI is InChI=1S/C26H25F3N4O2/c1-2-35-25(34)17-7-9-32(10-8-17)15-20-13-30-12-19-4-3-18(11-22(19)20)23-14-31-33-16-21(26(27,28)29)5-6-24(23)33/h3-6,11-14,16-17H,2,7-10,15H2,1H3. The molecular formula is C26H25F3N4O2. The zero-order chi connectivity index (χ0) is 24.6. The van der Waals surface area contributed by atoms with E-state index in [1.54, 1.807) is 12.4 Å². The number of rotatable bonds is 5. The maximum Gasteiger partial charge on any atom is 0.417 e. The minimum absolute atomic E-state index is 0.0445. The summed E-state index contributed by atoms with van der Waals surface area (Å²) in [4.78, 5) is 18.7. The van der Waals surface area contributed by atoms with Gasteiger partial charge >= 0.3 is 12.1 Å². The lowest BCUT2D eigenvalue weighted by atomic mass is 9.96. The summed E-state index contributed by atoms with van der Waals surface area (Å²) in [5.74, 6) is -0.156. The Kier molecular flexibility index (Phi) is 6.19. The molecule has 0 unspecified atom stereocenters. The van der Waals surface area contributed by atoms with Gasteiger partial charge in [0.1, 0.15) is 0 Å². The largest absolute Gasteiger partial charge is 0.466 e. The maximum atomic E-state index is 13.1. The van der Waals surface area contributed by atoms with Crippen molar-refractivity contribution in [3.8, 4) is 11.1 Å². The summed E-state index contributed by atoms with van der Waals surface area (Å²) in [5, 5.41) is 6.19. The van der Waals surface area contributed by atoms with Crippen molar-refractivity contribution in [2.45, 2.75) is 32.5 Å². The van der Waals surface area contributed by atoms with Gasteiger partial charge in [-0.3, -0.25) is 14.7 Å². The first kappa shape index (κ1) is 23.3. The van der Waals surface area contributed by atoms with Crippen LogP contribution >= 0.6 is 0 Å². The third kappa shape index (κ3) is 4.73. The van der Waals surface area contributed by atoms with E-state index in [1.165, 1.54) is 10.6 Å². The molecule has 5 rings (SSSR count). The molecule has 1 aliphatic heterocycles. The van der Waals surface area contributed by atoms with Crippen molar-refractivity contribution in [1.29, 1.82) is 0 Å². The van der Waals surface area contributed by atoms with Crippen LogP contribution < -0.4 is 0 Å². The van der Waals surface area contributed by atoms with E-state index in [1.807, 2.05) is 31.3 Å². The van der Waals surface area contributed by atoms with E-state index in [0.29, 0.717) is 18.7 Å². The molecule has 1 fully saturated rings. The number of fused-ring (bicyclic) bond motifs is 2. The Labute approximate surface area is 200 Å². The quantitative estimate of drug-likeness (QED) is 0.359. The molecule has 0 bridgehead atoms. The predicted octanol–water partition coefficient (Wildman–Crippen LogP) is 5.34. The molecule has 0 aliphatic carbocycles. The first-order valence-electron chi connectivity index (χ1n) is 11.6. The highest BCUT2D eigenvalue weighted by Crippen LogP contribution is 2.33. The number of pyridine rings is 2. The molecule has 4 aromatic rings. The minimum atomic E-state index is -4.42. The molecule has 0 atom stereocenters. The van der Waals surface area contributed by atoms with E-state index in [4.69, 9.17) is 4.74 Å². The summed E-state index contributed by atoms with van der Waals surface area (Å²) in [6.07, 6.45) is 3.38. The summed E-state index contributed by atoms with van der Waals surface area (Å²) in [7, 11) is 0. The van der Waals surface area contributed by atoms with Gasteiger partial charge in [-0.15, -0.1) is 0 Å². The number of hydrogen-bond donors (Lipinski definition) is 0. The Morgan fingerprint density at radius 1 is 1.11 bits per heavy atom. The first-order valence-corrected chi connectivity index (χ1v) is 11.6. The van der Waals surface area contributed by atoms with Crippen LogP contribution in [0.5, 0.6) is 0 Å². The summed E-state index contributed by atoms with van der Waals surface area (Å²) >= 11 is 0. The van der Waals surface area contributed by atoms with Gasteiger partial charge in [0.15, 0.2) is 0 Å². The number of hydrogen-bond acceptors (Lipinski definition) is 5. The highest BCUT2D eigenvalue weighted by molar-refractivity contribution is 5.91. The van der Waals surface area contributed by atoms with Crippen molar-refractivity contribution in [2.75, 3.05) is 19.7 Å². The van der Waals surface area contributed by atoms with E-state index in [2.05, 4.69) is 15.0 Å². The second-order valence-electron chi connectivity index (χ2n) is 8.84. The Morgan fingerprint density at radius 3 is 2.66 bits per heavy atom. The number of benzene rings is 1. The highest BCUT2D eigenvalue weighted by Gasteiger charge is 2.31. The van der Waals surface area contributed by atoms with Gasteiger partial charge in [0.05, 0.1) is 29.8 Å². The molecule has 6 nitrogen and oxygen atoms in total. The fourth-order valence-electron chi connectivity index (χ4n) is 4.72. The van der Waals surface area contributed by atoms with Gasteiger partial charge in [0, 0.05) is 36.1 Å². The number of aromatic nitrogens is 3. The highest BCUT2D eigenvalue weighted by atomic mass is 19.4. The zero-order valence-electron chi connectivity index (χ0n) is 19.3. The first-order chi connectivity index (χ1) is 16.8. The van der Waals surface area contributed by atoms with Crippen molar-refractivity contribution in [1.82, 2.24) is 19.5 Å². The number of halogens is 3. The second-order valence-corrected chi connectivity index (χ2v) is 8.84. The van der Waals surface area contributed by atoms with Crippen molar-refractivity contribution in [2.24, 2.45) is 5.92 Å². The third-order valence-corrected chi connectivity index (χ3v) is 6.60. The van der Waals surface area contributed by atoms with E-state index in [9.17, 15) is 18.0 Å². The van der Waals surface area contributed by atoms with Gasteiger partial charge in [-0.05, 0) is 67.6 Å². The van der Waals surface area contributed by atoms with Crippen LogP contribution in [-0.2, 0) is 22.3 Å². The Bertz CT molecular complexity index is 1370. The van der Waals surface area contributed by atoms with Gasteiger partial charge < -0.3 is 4.74 Å². The molecule has 4 heterocycles. The summed E-state index contributed by atoms with van der Waals surface area (Å²) in [5.41, 5.74) is 2.57. The number of carbonyl (C=O) groups excluding carboxylic acids is 1. The van der Waals surface area contributed by atoms with Crippen molar-refractivity contribution < 1.29 is 22.7 Å². The van der Waals surface area contributed by atoms with Gasteiger partial charge in [-0.25, -0.2) is 4.52 Å². The zero-order valence-corrected chi connectivity index (χ0v) is 19.3. The lowest BCUT2D eigenvalue weighted by Gasteiger charge is -2.31. The van der Waals surface area contributed by atoms with Crippen LogP contribution in [0.15, 0.2) is 55.1 Å². The van der Waals surface area contributed by atoms with Crippen LogP contribution in [0, 0.1) is 5.92 Å². The summed E-state index contributed by atoms with van der Waals surface area (Å²) < 4.78 is 45.7. The second kappa shape index (κ2) is 9.30. The molecule has 1 aromatic carbocycles. The molecule has 0 N–H and O–H groups in total. The molecule has 0 radical (unpaired) electrons. The summed E-state index contributed by atoms with van der Waals surface area (Å²) in [6, 6.07) is 8.49. The molecule has 1 saturated heterocycles. The average molecular weight is 483 g/mol. The number of ether oxygens (including phenoxy) is 1. The molecule has 3 aromatic heterocycles. The number of nitrogens with zero attached hydrogens (tertiary/aromatic N) is 4. The van der Waals surface area contributed by atoms with E-state index in [-0.39, 0.29) is 11.9 Å². The van der Waals surface area contributed by atoms with Crippen LogP contribution in [0.3, 0.4) is 0 Å². The number of piperidine rings is 1. The Balaban J connectivity index is 1.41. The van der Waals surface area contributed by atoms with E-state index in [0.717, 1.165) is 65.7 Å². The lowest BCUT2D eigenvalue weighted by molar-refractivity contribution is -0.149. The fourth-order valence-corrected chi connectivity index (χ4v) is 4.72. The third-order valence-electron chi connectivity index (χ3n) is 6.60. The lowest BCUT2D eigenvalue weighted by Crippen LogP contribution is -2.36. The topological polar surface area (TPSA) is 59.7 Å². The van der Waals surface area contributed by atoms with Crippen molar-refractivity contribution in [3.63, 3.8) is 0 Å². The molecule has 1 aliphatic rings. The molecule has 182 valence electrons. The Hall–Kier alpha value is -3.46. The predicted molar refractivity (Wildman–Crippen MR) is 126 cm³/mol. The smallest absolute Gasteiger partial charge is 0.417 e. The van der Waals surface area contributed by atoms with Crippen LogP contribution in [0.2, 0.25) is 0 Å². The average Bonchev–Trinajstić information content (AvgIpc) is 3.27. The summed E-state index contributed by atoms with van der Waals surface area (Å²) in [6.45, 7) is 4.53. The van der Waals surface area contributed by atoms with Crippen LogP contribution in [0.25, 0.3) is 27.4 Å². The minimum Gasteiger partial charge on any atom is -0.466 e. The molecule has 0 amide bonds. The maximum absolute atomic E-state index is 13.1. The number of likely N-dealkylation sites (tertiary alicyclic amines) is 1. The van der Waals surface area contributed by atoms with Gasteiger partial charge in [0.25, 0.3) is 0 Å². The molecule has 0 spiro atoms. The monoisotopic (exact) mass is 482 g/mol. The molecule has 9 heteroatoms. The normalized spacial score (nSPS) is 15.7. The van der Waals surface area contributed by atoms with E-state index < -0.39 is 11.7 Å². The SMILES string of the molecule is CCOC(=O)C1CCN(Cc2cncc3ccc(-c4cnn5cc(C(F)(F)F)ccc45)cc23)CC1. The van der Waals surface area contributed by atoms with E-state index >= 15 is 0 Å². The van der Waals surface area contributed by atoms with Gasteiger partial charge in [-0.1, -0.05) is 12.1 Å². The van der Waals surface area contributed by atoms with Crippen molar-refractivity contribution >= 4 is 22.3 Å². The van der Waals surface area contributed by atoms with Crippen molar-refractivity contribution in [3.05, 3.63) is 66.2 Å². The number of esters is 1. The molecule has 0 saturated carbocycles. The molecule has 35 heavy (non-hydrogen) atoms. The number of carbonyl (C=O) groups is 1. The number of alkyl halides is 3. The van der Waals surface area contributed by atoms with Crippen LogP contribution in [0.1, 0.15) is 30.9 Å². The van der Waals surface area contributed by atoms with Crippen LogP contribution in [-0.4, -0.2) is 45.2 Å².